The Morgan fingerprint density at radius 1 is 1.17 bits per heavy atom. The highest BCUT2D eigenvalue weighted by atomic mass is 16.5. The number of benzene rings is 2. The maximum absolute atomic E-state index is 12.9. The summed E-state index contributed by atoms with van der Waals surface area (Å²) in [5, 5.41) is 24.6. The molecule has 6 nitrogen and oxygen atoms in total. The van der Waals surface area contributed by atoms with Crippen molar-refractivity contribution < 1.29 is 19.4 Å². The fraction of sp³-hybridized carbons (Fsp3) is 0.542. The van der Waals surface area contributed by atoms with E-state index in [1.807, 2.05) is 43.3 Å². The fourth-order valence-corrected chi connectivity index (χ4v) is 4.41. The monoisotopic (exact) mass is 414 g/mol. The van der Waals surface area contributed by atoms with E-state index in [1.165, 1.54) is 0 Å². The molecule has 6 heteroatoms. The summed E-state index contributed by atoms with van der Waals surface area (Å²) < 4.78 is 11.3. The minimum Gasteiger partial charge on any atom is -0.785 e. The van der Waals surface area contributed by atoms with Crippen LogP contribution in [-0.2, 0) is 14.9 Å². The average Bonchev–Trinajstić information content (AvgIpc) is 3.27. The van der Waals surface area contributed by atoms with E-state index in [9.17, 15) is 15.1 Å². The first-order chi connectivity index (χ1) is 14.2. The van der Waals surface area contributed by atoms with Gasteiger partial charge in [0.1, 0.15) is 12.4 Å². The molecule has 0 spiro atoms. The molecule has 3 rings (SSSR count). The van der Waals surface area contributed by atoms with E-state index in [0.29, 0.717) is 12.4 Å². The second kappa shape index (κ2) is 8.92. The lowest BCUT2D eigenvalue weighted by atomic mass is 9.87. The van der Waals surface area contributed by atoms with Crippen LogP contribution in [0.5, 0.6) is 5.75 Å². The summed E-state index contributed by atoms with van der Waals surface area (Å²) >= 11 is 0. The van der Waals surface area contributed by atoms with Crippen LogP contribution in [0, 0.1) is 17.0 Å². The number of rotatable bonds is 9. The lowest BCUT2D eigenvalue weighted by molar-refractivity contribution is -0.147. The first kappa shape index (κ1) is 22.5. The van der Waals surface area contributed by atoms with E-state index < -0.39 is 11.5 Å². The van der Waals surface area contributed by atoms with Gasteiger partial charge in [0, 0.05) is 11.9 Å². The van der Waals surface area contributed by atoms with Gasteiger partial charge in [-0.1, -0.05) is 58.0 Å². The number of ether oxygens (including phenoxy) is 2. The van der Waals surface area contributed by atoms with Crippen LogP contribution in [0.2, 0.25) is 0 Å². The molecule has 0 aliphatic heterocycles. The van der Waals surface area contributed by atoms with Crippen molar-refractivity contribution in [3.8, 4) is 5.75 Å². The van der Waals surface area contributed by atoms with E-state index in [-0.39, 0.29) is 37.0 Å². The van der Waals surface area contributed by atoms with Gasteiger partial charge in [-0.05, 0) is 41.8 Å². The molecule has 1 aliphatic carbocycles. The molecule has 0 aromatic heterocycles. The molecule has 1 aliphatic rings. The second-order valence-corrected chi connectivity index (χ2v) is 8.48. The number of nitrogens with zero attached hydrogens (tertiary/aromatic N) is 1. The lowest BCUT2D eigenvalue weighted by Gasteiger charge is -2.34. The second-order valence-electron chi connectivity index (χ2n) is 8.48. The van der Waals surface area contributed by atoms with Crippen molar-refractivity contribution in [3.63, 3.8) is 0 Å². The molecule has 3 atom stereocenters. The maximum Gasteiger partial charge on any atom is 0.317 e. The lowest BCUT2D eigenvalue weighted by Crippen LogP contribution is -2.35. The molecule has 0 radical (unpaired) electrons. The van der Waals surface area contributed by atoms with Crippen LogP contribution < -0.4 is 4.74 Å². The molecule has 2 aromatic carbocycles. The third-order valence-corrected chi connectivity index (χ3v) is 6.42. The minimum absolute atomic E-state index is 0.00528. The molecular weight excluding hydrogens is 382 g/mol. The van der Waals surface area contributed by atoms with E-state index in [4.69, 9.17) is 9.47 Å². The summed E-state index contributed by atoms with van der Waals surface area (Å²) in [6.07, 6.45) is -0.891. The number of hydrogen-bond donors (Lipinski definition) is 1. The molecule has 164 valence electrons. The van der Waals surface area contributed by atoms with Crippen molar-refractivity contribution >= 4 is 16.7 Å². The molecule has 0 heterocycles. The summed E-state index contributed by atoms with van der Waals surface area (Å²) in [5.74, 6) is 0.819. The Labute approximate surface area is 178 Å². The van der Waals surface area contributed by atoms with Gasteiger partial charge in [-0.15, -0.1) is 0 Å². The predicted octanol–water partition coefficient (Wildman–Crippen LogP) is 3.87. The molecule has 0 bridgehead atoms. The number of carbonyl (C=O) groups excluding carboxylic acids is 1. The summed E-state index contributed by atoms with van der Waals surface area (Å²) in [5.41, 5.74) is 0.309. The zero-order valence-corrected chi connectivity index (χ0v) is 18.4. The fourth-order valence-electron chi connectivity index (χ4n) is 4.41. The van der Waals surface area contributed by atoms with Crippen molar-refractivity contribution in [2.24, 2.45) is 11.8 Å². The largest absolute Gasteiger partial charge is 0.785 e. The number of esters is 1. The third-order valence-electron chi connectivity index (χ3n) is 6.42. The van der Waals surface area contributed by atoms with E-state index >= 15 is 0 Å². The smallest absolute Gasteiger partial charge is 0.317 e. The van der Waals surface area contributed by atoms with Crippen LogP contribution in [0.1, 0.15) is 40.2 Å². The topological polar surface area (TPSA) is 82.1 Å². The number of aliphatic hydroxyl groups is 1. The highest BCUT2D eigenvalue weighted by molar-refractivity contribution is 5.99. The number of hydroxylamine groups is 2. The first-order valence-electron chi connectivity index (χ1n) is 10.7. The quantitative estimate of drug-likeness (QED) is 0.495. The van der Waals surface area contributed by atoms with Gasteiger partial charge >= 0.3 is 5.97 Å². The van der Waals surface area contributed by atoms with Crippen LogP contribution in [0.15, 0.2) is 36.4 Å². The van der Waals surface area contributed by atoms with Crippen LogP contribution >= 0.6 is 0 Å². The van der Waals surface area contributed by atoms with Crippen LogP contribution in [0.3, 0.4) is 0 Å². The Bertz CT molecular complexity index is 888. The first-order valence-corrected chi connectivity index (χ1v) is 10.7. The van der Waals surface area contributed by atoms with Gasteiger partial charge in [0.25, 0.3) is 0 Å². The molecule has 1 saturated carbocycles. The summed E-state index contributed by atoms with van der Waals surface area (Å²) in [4.78, 5) is 12.9. The van der Waals surface area contributed by atoms with Crippen LogP contribution in [-0.4, -0.2) is 48.0 Å². The van der Waals surface area contributed by atoms with E-state index in [0.717, 1.165) is 21.4 Å². The third kappa shape index (κ3) is 3.92. The Kier molecular flexibility index (Phi) is 6.70. The van der Waals surface area contributed by atoms with Gasteiger partial charge in [-0.25, -0.2) is 0 Å². The Balaban J connectivity index is 1.90. The summed E-state index contributed by atoms with van der Waals surface area (Å²) in [7, 11) is 0. The van der Waals surface area contributed by atoms with Gasteiger partial charge in [0.2, 0.25) is 0 Å². The number of hydrogen-bond acceptors (Lipinski definition) is 6. The number of aliphatic hydroxyl groups excluding tert-OH is 1. The van der Waals surface area contributed by atoms with Crippen molar-refractivity contribution in [2.45, 2.75) is 52.2 Å². The highest BCUT2D eigenvalue weighted by Gasteiger charge is 2.67. The van der Waals surface area contributed by atoms with Crippen molar-refractivity contribution in [3.05, 3.63) is 47.2 Å². The van der Waals surface area contributed by atoms with Crippen molar-refractivity contribution in [1.29, 1.82) is 0 Å². The van der Waals surface area contributed by atoms with Crippen molar-refractivity contribution in [2.75, 3.05) is 19.8 Å². The number of carbonyl (C=O) groups is 1. The van der Waals surface area contributed by atoms with Gasteiger partial charge in [-0.3, -0.25) is 4.79 Å². The maximum atomic E-state index is 12.9. The summed E-state index contributed by atoms with van der Waals surface area (Å²) in [6, 6.07) is 11.4. The Morgan fingerprint density at radius 3 is 2.37 bits per heavy atom. The zero-order chi connectivity index (χ0) is 22.1. The zero-order valence-electron chi connectivity index (χ0n) is 18.4. The molecule has 0 amide bonds. The van der Waals surface area contributed by atoms with Gasteiger partial charge in [0.15, 0.2) is 0 Å². The van der Waals surface area contributed by atoms with E-state index in [1.54, 1.807) is 13.8 Å². The predicted molar refractivity (Wildman–Crippen MR) is 117 cm³/mol. The van der Waals surface area contributed by atoms with Gasteiger partial charge in [-0.2, -0.15) is 0 Å². The van der Waals surface area contributed by atoms with Gasteiger partial charge < -0.3 is 24.9 Å². The molecule has 1 N–H and O–H groups in total. The van der Waals surface area contributed by atoms with Crippen LogP contribution in [0.25, 0.3) is 10.8 Å². The molecular formula is C24H32NO5-. The molecule has 2 aromatic rings. The van der Waals surface area contributed by atoms with Crippen LogP contribution in [0.4, 0.5) is 0 Å². The highest BCUT2D eigenvalue weighted by Crippen LogP contribution is 2.61. The summed E-state index contributed by atoms with van der Waals surface area (Å²) in [6.45, 7) is 9.93. The van der Waals surface area contributed by atoms with Crippen molar-refractivity contribution in [1.82, 2.24) is 5.06 Å². The normalized spacial score (nSPS) is 24.3. The minimum atomic E-state index is -0.891. The molecule has 1 fully saturated rings. The Morgan fingerprint density at radius 2 is 1.80 bits per heavy atom. The molecule has 30 heavy (non-hydrogen) atoms. The standard InChI is InChI=1S/C24H32NO5/c1-6-29-23(27)24(16(4)17(24)5)21-11-12-22(20-10-8-7-9-19(20)21)30-14-18(26)13-25(28)15(2)3/h7-12,15-18,26H,6,13-14H2,1-5H3/q-1. The molecule has 0 saturated heterocycles. The average molecular weight is 415 g/mol. The van der Waals surface area contributed by atoms with Gasteiger partial charge in [0.05, 0.1) is 18.1 Å². The Hall–Kier alpha value is -2.15. The van der Waals surface area contributed by atoms with E-state index in [2.05, 4.69) is 13.8 Å². The molecule has 3 unspecified atom stereocenters. The SMILES string of the molecule is CCOC(=O)C1(c2ccc(OCC(O)CN([O-])C(C)C)c3ccccc23)C(C)C1C. The number of fused-ring (bicyclic) bond motifs is 1.